The van der Waals surface area contributed by atoms with E-state index in [1.54, 1.807) is 4.90 Å². The Morgan fingerprint density at radius 2 is 2.00 bits per heavy atom. The fraction of sp³-hybridized carbons (Fsp3) is 0.444. The maximum absolute atomic E-state index is 12.0. The first-order valence-corrected chi connectivity index (χ1v) is 5.49. The Balaban J connectivity index is 2.19. The van der Waals surface area contributed by atoms with Crippen LogP contribution in [0.2, 0.25) is 10.4 Å². The van der Waals surface area contributed by atoms with Crippen molar-refractivity contribution in [2.75, 3.05) is 26.3 Å². The van der Waals surface area contributed by atoms with Crippen LogP contribution in [0.25, 0.3) is 0 Å². The summed E-state index contributed by atoms with van der Waals surface area (Å²) in [5.41, 5.74) is 0.215. The number of carbonyl (C=O) groups is 1. The maximum atomic E-state index is 12.0. The van der Waals surface area contributed by atoms with E-state index < -0.39 is 0 Å². The Hall–Kier alpha value is -0.910. The van der Waals surface area contributed by atoms with Crippen LogP contribution in [0.15, 0.2) is 6.07 Å². The Bertz CT molecular complexity index is 387. The monoisotopic (exact) mass is 261 g/mol. The Morgan fingerprint density at radius 1 is 1.31 bits per heavy atom. The van der Waals surface area contributed by atoms with E-state index in [2.05, 4.69) is 9.97 Å². The predicted molar refractivity (Wildman–Crippen MR) is 58.8 cm³/mol. The topological polar surface area (TPSA) is 55.3 Å². The molecule has 1 aliphatic rings. The van der Waals surface area contributed by atoms with Gasteiger partial charge in [0.1, 0.15) is 10.8 Å². The van der Waals surface area contributed by atoms with Crippen LogP contribution in [-0.4, -0.2) is 47.1 Å². The predicted octanol–water partition coefficient (Wildman–Crippen LogP) is 1.26. The highest BCUT2D eigenvalue weighted by Gasteiger charge is 2.20. The van der Waals surface area contributed by atoms with Crippen LogP contribution in [0.4, 0.5) is 0 Å². The van der Waals surface area contributed by atoms with Crippen molar-refractivity contribution in [3.63, 3.8) is 0 Å². The molecule has 0 aromatic carbocycles. The highest BCUT2D eigenvalue weighted by molar-refractivity contribution is 6.32. The molecule has 0 bridgehead atoms. The molecule has 2 heterocycles. The van der Waals surface area contributed by atoms with E-state index in [0.29, 0.717) is 26.3 Å². The van der Waals surface area contributed by atoms with Gasteiger partial charge in [0.15, 0.2) is 0 Å². The molecule has 0 aliphatic carbocycles. The molecule has 1 aromatic rings. The van der Waals surface area contributed by atoms with Gasteiger partial charge in [0, 0.05) is 19.2 Å². The minimum Gasteiger partial charge on any atom is -0.378 e. The summed E-state index contributed by atoms with van der Waals surface area (Å²) in [6.07, 6.45) is 0. The average Bonchev–Trinajstić information content (AvgIpc) is 2.28. The molecule has 0 saturated carbocycles. The van der Waals surface area contributed by atoms with Crippen LogP contribution >= 0.6 is 23.2 Å². The smallest absolute Gasteiger partial charge is 0.272 e. The second kappa shape index (κ2) is 4.95. The molecule has 0 N–H and O–H groups in total. The number of aromatic nitrogens is 2. The van der Waals surface area contributed by atoms with Crippen molar-refractivity contribution in [3.8, 4) is 0 Å². The summed E-state index contributed by atoms with van der Waals surface area (Å²) in [5.74, 6) is -0.200. The van der Waals surface area contributed by atoms with Crippen molar-refractivity contribution in [3.05, 3.63) is 22.2 Å². The molecule has 0 unspecified atom stereocenters. The van der Waals surface area contributed by atoms with Gasteiger partial charge < -0.3 is 9.64 Å². The van der Waals surface area contributed by atoms with E-state index in [-0.39, 0.29) is 22.0 Å². The van der Waals surface area contributed by atoms with Gasteiger partial charge in [-0.2, -0.15) is 0 Å². The van der Waals surface area contributed by atoms with Crippen molar-refractivity contribution in [2.45, 2.75) is 0 Å². The lowest BCUT2D eigenvalue weighted by molar-refractivity contribution is 0.0299. The number of nitrogens with zero attached hydrogens (tertiary/aromatic N) is 3. The third-order valence-corrected chi connectivity index (χ3v) is 2.55. The number of rotatable bonds is 1. The minimum atomic E-state index is -0.200. The molecule has 86 valence electrons. The summed E-state index contributed by atoms with van der Waals surface area (Å²) in [5, 5.41) is 0.140. The number of morpholine rings is 1. The van der Waals surface area contributed by atoms with E-state index in [9.17, 15) is 4.79 Å². The molecular formula is C9H9Cl2N3O2. The van der Waals surface area contributed by atoms with Gasteiger partial charge in [-0.1, -0.05) is 11.6 Å². The van der Waals surface area contributed by atoms with Gasteiger partial charge in [-0.25, -0.2) is 9.97 Å². The van der Waals surface area contributed by atoms with E-state index in [0.717, 1.165) is 0 Å². The molecule has 16 heavy (non-hydrogen) atoms. The molecule has 1 saturated heterocycles. The highest BCUT2D eigenvalue weighted by Crippen LogP contribution is 2.13. The Morgan fingerprint density at radius 3 is 2.62 bits per heavy atom. The van der Waals surface area contributed by atoms with Gasteiger partial charge in [-0.05, 0) is 11.6 Å². The molecule has 7 heteroatoms. The summed E-state index contributed by atoms with van der Waals surface area (Å²) in [7, 11) is 0. The number of hydrogen-bond acceptors (Lipinski definition) is 4. The van der Waals surface area contributed by atoms with Gasteiger partial charge in [0.05, 0.1) is 13.2 Å². The van der Waals surface area contributed by atoms with Crippen LogP contribution < -0.4 is 0 Å². The Kier molecular flexibility index (Phi) is 3.58. The minimum absolute atomic E-state index is 0.0240. The van der Waals surface area contributed by atoms with Crippen LogP contribution in [0, 0.1) is 0 Å². The first-order valence-electron chi connectivity index (χ1n) is 4.74. The first-order chi connectivity index (χ1) is 7.66. The molecule has 1 amide bonds. The molecule has 5 nitrogen and oxygen atoms in total. The highest BCUT2D eigenvalue weighted by atomic mass is 35.5. The summed E-state index contributed by atoms with van der Waals surface area (Å²) >= 11 is 11.3. The van der Waals surface area contributed by atoms with Crippen molar-refractivity contribution in [1.82, 2.24) is 14.9 Å². The standard InChI is InChI=1S/C9H9Cl2N3O2/c10-7-5-6(12-9(11)13-7)8(15)14-1-3-16-4-2-14/h5H,1-4H2. The summed E-state index contributed by atoms with van der Waals surface area (Å²) < 4.78 is 5.15. The van der Waals surface area contributed by atoms with Gasteiger partial charge in [0.25, 0.3) is 5.91 Å². The number of halogens is 2. The quantitative estimate of drug-likeness (QED) is 0.564. The molecule has 0 radical (unpaired) electrons. The number of amides is 1. The second-order valence-electron chi connectivity index (χ2n) is 3.25. The van der Waals surface area contributed by atoms with Gasteiger partial charge in [-0.3, -0.25) is 4.79 Å². The second-order valence-corrected chi connectivity index (χ2v) is 3.97. The number of hydrogen-bond donors (Lipinski definition) is 0. The SMILES string of the molecule is O=C(c1cc(Cl)nc(Cl)n1)N1CCOCC1. The van der Waals surface area contributed by atoms with Gasteiger partial charge in [-0.15, -0.1) is 0 Å². The summed E-state index contributed by atoms with van der Waals surface area (Å²) in [6, 6.07) is 1.41. The van der Waals surface area contributed by atoms with E-state index in [1.807, 2.05) is 0 Å². The third-order valence-electron chi connectivity index (χ3n) is 2.19. The largest absolute Gasteiger partial charge is 0.378 e. The maximum Gasteiger partial charge on any atom is 0.272 e. The first kappa shape index (κ1) is 11.6. The van der Waals surface area contributed by atoms with Crippen molar-refractivity contribution < 1.29 is 9.53 Å². The van der Waals surface area contributed by atoms with Crippen molar-refractivity contribution in [1.29, 1.82) is 0 Å². The van der Waals surface area contributed by atoms with Gasteiger partial charge >= 0.3 is 0 Å². The lowest BCUT2D eigenvalue weighted by Crippen LogP contribution is -2.41. The lowest BCUT2D eigenvalue weighted by Gasteiger charge is -2.26. The third kappa shape index (κ3) is 2.61. The van der Waals surface area contributed by atoms with Crippen LogP contribution in [0.1, 0.15) is 10.5 Å². The lowest BCUT2D eigenvalue weighted by atomic mass is 10.3. The van der Waals surface area contributed by atoms with Gasteiger partial charge in [0.2, 0.25) is 5.28 Å². The molecule has 0 spiro atoms. The fourth-order valence-corrected chi connectivity index (χ4v) is 1.84. The molecule has 1 fully saturated rings. The molecule has 2 rings (SSSR count). The van der Waals surface area contributed by atoms with Crippen LogP contribution in [0.3, 0.4) is 0 Å². The van der Waals surface area contributed by atoms with Crippen LogP contribution in [0.5, 0.6) is 0 Å². The van der Waals surface area contributed by atoms with E-state index in [4.69, 9.17) is 27.9 Å². The van der Waals surface area contributed by atoms with E-state index in [1.165, 1.54) is 6.07 Å². The zero-order valence-corrected chi connectivity index (χ0v) is 9.83. The Labute approximate surface area is 102 Å². The fourth-order valence-electron chi connectivity index (χ4n) is 1.43. The number of ether oxygens (including phenoxy) is 1. The molecule has 0 atom stereocenters. The summed E-state index contributed by atoms with van der Waals surface area (Å²) in [4.78, 5) is 21.2. The van der Waals surface area contributed by atoms with Crippen molar-refractivity contribution >= 4 is 29.1 Å². The zero-order chi connectivity index (χ0) is 11.5. The molecule has 1 aliphatic heterocycles. The van der Waals surface area contributed by atoms with Crippen LogP contribution in [-0.2, 0) is 4.74 Å². The normalized spacial score (nSPS) is 16.2. The molecule has 1 aromatic heterocycles. The zero-order valence-electron chi connectivity index (χ0n) is 8.32. The average molecular weight is 262 g/mol. The number of carbonyl (C=O) groups excluding carboxylic acids is 1. The van der Waals surface area contributed by atoms with Crippen molar-refractivity contribution in [2.24, 2.45) is 0 Å². The van der Waals surface area contributed by atoms with E-state index >= 15 is 0 Å². The summed E-state index contributed by atoms with van der Waals surface area (Å²) in [6.45, 7) is 2.19. The molecular weight excluding hydrogens is 253 g/mol.